The fourth-order valence-electron chi connectivity index (χ4n) is 2.51. The molecule has 2 saturated heterocycles. The molecule has 9 nitrogen and oxygen atoms in total. The Kier molecular flexibility index (Phi) is 7.36. The molecule has 2 aliphatic heterocycles. The molecule has 0 amide bonds. The largest absolute Gasteiger partial charge is 0.490 e. The lowest BCUT2D eigenvalue weighted by atomic mass is 10.0. The van der Waals surface area contributed by atoms with Gasteiger partial charge in [0.1, 0.15) is 18.3 Å². The molecule has 0 saturated carbocycles. The van der Waals surface area contributed by atoms with Crippen LogP contribution in [0.1, 0.15) is 20.3 Å². The predicted octanol–water partition coefficient (Wildman–Crippen LogP) is 0.402. The number of carboxylic acids is 1. The molecule has 26 heavy (non-hydrogen) atoms. The summed E-state index contributed by atoms with van der Waals surface area (Å²) in [5, 5.41) is 7.12. The van der Waals surface area contributed by atoms with Gasteiger partial charge in [-0.25, -0.2) is 4.79 Å². The van der Waals surface area contributed by atoms with E-state index in [1.807, 2.05) is 13.8 Å². The van der Waals surface area contributed by atoms with Crippen LogP contribution < -0.4 is 5.73 Å². The topological polar surface area (TPSA) is 127 Å². The second-order valence-electron chi connectivity index (χ2n) is 6.02. The number of halogens is 3. The maximum Gasteiger partial charge on any atom is 0.490 e. The smallest absolute Gasteiger partial charge is 0.475 e. The lowest BCUT2D eigenvalue weighted by Gasteiger charge is -2.27. The molecule has 12 heteroatoms. The van der Waals surface area contributed by atoms with Crippen LogP contribution >= 0.6 is 0 Å². The summed E-state index contributed by atoms with van der Waals surface area (Å²) in [6, 6.07) is -0.529. The minimum absolute atomic E-state index is 0.0594. The highest BCUT2D eigenvalue weighted by atomic mass is 19.4. The van der Waals surface area contributed by atoms with Gasteiger partial charge in [0.05, 0.1) is 13.5 Å². The molecule has 2 fully saturated rings. The van der Waals surface area contributed by atoms with Gasteiger partial charge in [0, 0.05) is 13.2 Å². The van der Waals surface area contributed by atoms with Crippen molar-refractivity contribution < 1.29 is 51.6 Å². The summed E-state index contributed by atoms with van der Waals surface area (Å²) in [5.41, 5.74) is 5.98. The highest BCUT2D eigenvalue weighted by Crippen LogP contribution is 2.39. The van der Waals surface area contributed by atoms with E-state index in [0.29, 0.717) is 0 Å². The number of hydrogen-bond acceptors (Lipinski definition) is 8. The second-order valence-corrected chi connectivity index (χ2v) is 6.02. The predicted molar refractivity (Wildman–Crippen MR) is 77.8 cm³/mol. The van der Waals surface area contributed by atoms with Crippen molar-refractivity contribution in [1.82, 2.24) is 0 Å². The van der Waals surface area contributed by atoms with Crippen molar-refractivity contribution in [3.8, 4) is 0 Å². The van der Waals surface area contributed by atoms with Crippen molar-refractivity contribution in [2.45, 2.75) is 62.9 Å². The number of hydrogen-bond donors (Lipinski definition) is 2. The third-order valence-corrected chi connectivity index (χ3v) is 3.59. The van der Waals surface area contributed by atoms with Gasteiger partial charge >= 0.3 is 18.1 Å². The van der Waals surface area contributed by atoms with E-state index in [1.165, 1.54) is 7.11 Å². The summed E-state index contributed by atoms with van der Waals surface area (Å²) in [7, 11) is 2.88. The zero-order chi connectivity index (χ0) is 20.3. The maximum absolute atomic E-state index is 11.3. The molecular formula is C14H22F3NO8. The molecular weight excluding hydrogens is 367 g/mol. The molecule has 0 radical (unpaired) electrons. The van der Waals surface area contributed by atoms with Gasteiger partial charge in [-0.05, 0) is 13.8 Å². The van der Waals surface area contributed by atoms with Gasteiger partial charge in [-0.2, -0.15) is 13.2 Å². The Hall–Kier alpha value is -1.47. The lowest BCUT2D eigenvalue weighted by Crippen LogP contribution is -2.47. The van der Waals surface area contributed by atoms with Gasteiger partial charge in [-0.15, -0.1) is 0 Å². The third kappa shape index (κ3) is 5.77. The Morgan fingerprint density at radius 3 is 2.23 bits per heavy atom. The second kappa shape index (κ2) is 8.48. The number of esters is 1. The van der Waals surface area contributed by atoms with E-state index in [9.17, 15) is 18.0 Å². The van der Waals surface area contributed by atoms with E-state index in [2.05, 4.69) is 4.74 Å². The molecule has 0 unspecified atom stereocenters. The molecule has 2 rings (SSSR count). The molecule has 0 bridgehead atoms. The van der Waals surface area contributed by atoms with Crippen LogP contribution in [0.4, 0.5) is 13.2 Å². The van der Waals surface area contributed by atoms with Gasteiger partial charge in [0.2, 0.25) is 0 Å². The molecule has 0 aromatic rings. The summed E-state index contributed by atoms with van der Waals surface area (Å²) in [4.78, 5) is 20.2. The molecule has 2 heterocycles. The third-order valence-electron chi connectivity index (χ3n) is 3.59. The fraction of sp³-hybridized carbons (Fsp3) is 0.857. The first-order valence-electron chi connectivity index (χ1n) is 7.48. The Morgan fingerprint density at radius 1 is 1.27 bits per heavy atom. The highest BCUT2D eigenvalue weighted by Gasteiger charge is 2.56. The number of methoxy groups -OCH3 is 2. The Balaban J connectivity index is 0.000000412. The van der Waals surface area contributed by atoms with E-state index in [0.717, 1.165) is 0 Å². The van der Waals surface area contributed by atoms with Crippen molar-refractivity contribution in [3.05, 3.63) is 0 Å². The molecule has 0 spiro atoms. The zero-order valence-corrected chi connectivity index (χ0v) is 14.6. The van der Waals surface area contributed by atoms with E-state index < -0.39 is 36.4 Å². The Labute approximate surface area is 147 Å². The normalized spacial score (nSPS) is 30.8. The number of rotatable bonds is 4. The fourth-order valence-corrected chi connectivity index (χ4v) is 2.51. The number of alkyl halides is 3. The highest BCUT2D eigenvalue weighted by molar-refractivity contribution is 5.73. The number of nitrogens with two attached hydrogens (primary N) is 1. The van der Waals surface area contributed by atoms with E-state index in [4.69, 9.17) is 34.6 Å². The van der Waals surface area contributed by atoms with E-state index in [1.54, 1.807) is 7.11 Å². The van der Waals surface area contributed by atoms with Gasteiger partial charge < -0.3 is 34.5 Å². The van der Waals surface area contributed by atoms with Crippen LogP contribution in [0.3, 0.4) is 0 Å². The van der Waals surface area contributed by atoms with E-state index in [-0.39, 0.29) is 24.6 Å². The number of fused-ring (bicyclic) bond motifs is 1. The van der Waals surface area contributed by atoms with Crippen LogP contribution in [-0.4, -0.2) is 73.9 Å². The number of aliphatic carboxylic acids is 1. The molecule has 2 aliphatic rings. The average molecular weight is 389 g/mol. The van der Waals surface area contributed by atoms with Crippen LogP contribution in [0.15, 0.2) is 0 Å². The van der Waals surface area contributed by atoms with Crippen LogP contribution in [0.2, 0.25) is 0 Å². The molecule has 5 atom stereocenters. The van der Waals surface area contributed by atoms with Crippen molar-refractivity contribution in [2.75, 3.05) is 14.2 Å². The quantitative estimate of drug-likeness (QED) is 0.657. The maximum atomic E-state index is 11.3. The number of carboxylic acid groups (broad SMARTS) is 1. The zero-order valence-electron chi connectivity index (χ0n) is 14.6. The van der Waals surface area contributed by atoms with Gasteiger partial charge in [0.15, 0.2) is 12.1 Å². The molecule has 3 N–H and O–H groups in total. The number of ether oxygens (including phenoxy) is 5. The summed E-state index contributed by atoms with van der Waals surface area (Å²) in [5.74, 6) is -3.85. The van der Waals surface area contributed by atoms with Crippen molar-refractivity contribution in [3.63, 3.8) is 0 Å². The van der Waals surface area contributed by atoms with Crippen LogP contribution in [0.5, 0.6) is 0 Å². The first-order chi connectivity index (χ1) is 11.8. The van der Waals surface area contributed by atoms with Gasteiger partial charge in [-0.3, -0.25) is 4.79 Å². The minimum Gasteiger partial charge on any atom is -0.475 e. The number of carbonyl (C=O) groups excluding carboxylic acids is 1. The van der Waals surface area contributed by atoms with Gasteiger partial charge in [-0.1, -0.05) is 0 Å². The first-order valence-corrected chi connectivity index (χ1v) is 7.48. The Morgan fingerprint density at radius 2 is 1.81 bits per heavy atom. The van der Waals surface area contributed by atoms with Crippen molar-refractivity contribution in [2.24, 2.45) is 5.73 Å². The average Bonchev–Trinajstić information content (AvgIpc) is 2.97. The summed E-state index contributed by atoms with van der Waals surface area (Å²) >= 11 is 0. The summed E-state index contributed by atoms with van der Waals surface area (Å²) in [6.07, 6.45) is -6.71. The SMILES string of the molecule is COC(=O)C[C@H](N)[C@H]1O[C@@H]2OC(C)(C)O[C@@H]2[C@@H]1OC.O=C(O)C(F)(F)F. The number of carbonyl (C=O) groups is 2. The lowest BCUT2D eigenvalue weighted by molar-refractivity contribution is -0.219. The minimum atomic E-state index is -5.08. The van der Waals surface area contributed by atoms with Crippen LogP contribution in [0, 0.1) is 0 Å². The standard InChI is InChI=1S/C12H21NO6.C2HF3O2/c1-12(2)18-10-9(16-4)8(17-11(10)19-12)6(13)5-7(14)15-3;3-2(4,5)1(6)7/h6,8-11H,5,13H2,1-4H3;(H,6,7)/t6-,8+,9+,10+,11+;/m0./s1. The van der Waals surface area contributed by atoms with Crippen molar-refractivity contribution >= 4 is 11.9 Å². The molecule has 0 aromatic heterocycles. The van der Waals surface area contributed by atoms with Crippen molar-refractivity contribution in [1.29, 1.82) is 0 Å². The summed E-state index contributed by atoms with van der Waals surface area (Å²) < 4.78 is 58.8. The molecule has 0 aliphatic carbocycles. The van der Waals surface area contributed by atoms with Gasteiger partial charge in [0.25, 0.3) is 0 Å². The van der Waals surface area contributed by atoms with E-state index >= 15 is 0 Å². The Bertz CT molecular complexity index is 513. The van der Waals surface area contributed by atoms with Crippen LogP contribution in [-0.2, 0) is 33.3 Å². The monoisotopic (exact) mass is 389 g/mol. The van der Waals surface area contributed by atoms with Crippen LogP contribution in [0.25, 0.3) is 0 Å². The molecule has 152 valence electrons. The first kappa shape index (κ1) is 22.6. The molecule has 0 aromatic carbocycles. The summed E-state index contributed by atoms with van der Waals surface area (Å²) in [6.45, 7) is 3.62.